The standard InChI is InChI=1S/C17H19FN2O3S/c1-12(13-4-8-15(18)9-5-13)19-17(21)14-6-10-16(11-7-14)24(22,23)20(2)3/h4-12H,1-3H3,(H,19,21). The highest BCUT2D eigenvalue weighted by Crippen LogP contribution is 2.16. The fourth-order valence-electron chi connectivity index (χ4n) is 2.10. The molecule has 0 bridgehead atoms. The first-order chi connectivity index (χ1) is 11.2. The smallest absolute Gasteiger partial charge is 0.251 e. The molecule has 1 unspecified atom stereocenters. The van der Waals surface area contributed by atoms with Crippen LogP contribution in [0.3, 0.4) is 0 Å². The molecule has 0 aliphatic heterocycles. The highest BCUT2D eigenvalue weighted by Gasteiger charge is 2.18. The maximum absolute atomic E-state index is 12.9. The molecule has 128 valence electrons. The number of hydrogen-bond acceptors (Lipinski definition) is 3. The minimum atomic E-state index is -3.52. The molecule has 0 fully saturated rings. The van der Waals surface area contributed by atoms with E-state index in [-0.39, 0.29) is 22.7 Å². The van der Waals surface area contributed by atoms with Crippen LogP contribution in [-0.4, -0.2) is 32.7 Å². The Morgan fingerprint density at radius 2 is 1.58 bits per heavy atom. The van der Waals surface area contributed by atoms with E-state index in [9.17, 15) is 17.6 Å². The number of benzene rings is 2. The quantitative estimate of drug-likeness (QED) is 0.901. The van der Waals surface area contributed by atoms with Crippen LogP contribution in [0.2, 0.25) is 0 Å². The van der Waals surface area contributed by atoms with Crippen LogP contribution >= 0.6 is 0 Å². The van der Waals surface area contributed by atoms with Gasteiger partial charge in [-0.25, -0.2) is 17.1 Å². The Morgan fingerprint density at radius 3 is 2.08 bits per heavy atom. The summed E-state index contributed by atoms with van der Waals surface area (Å²) in [7, 11) is -0.634. The lowest BCUT2D eigenvalue weighted by molar-refractivity contribution is 0.0940. The van der Waals surface area contributed by atoms with Gasteiger partial charge in [-0.05, 0) is 48.9 Å². The van der Waals surface area contributed by atoms with Crippen molar-refractivity contribution in [1.29, 1.82) is 0 Å². The van der Waals surface area contributed by atoms with E-state index in [0.717, 1.165) is 9.87 Å². The van der Waals surface area contributed by atoms with Crippen LogP contribution in [0, 0.1) is 5.82 Å². The van der Waals surface area contributed by atoms with E-state index < -0.39 is 10.0 Å². The number of carbonyl (C=O) groups excluding carboxylic acids is 1. The number of sulfonamides is 1. The first-order valence-electron chi connectivity index (χ1n) is 7.31. The Bertz CT molecular complexity index is 816. The first-order valence-corrected chi connectivity index (χ1v) is 8.75. The number of rotatable bonds is 5. The zero-order valence-electron chi connectivity index (χ0n) is 13.7. The van der Waals surface area contributed by atoms with Crippen molar-refractivity contribution in [2.45, 2.75) is 17.9 Å². The van der Waals surface area contributed by atoms with Crippen LogP contribution in [-0.2, 0) is 10.0 Å². The summed E-state index contributed by atoms with van der Waals surface area (Å²) < 4.78 is 38.0. The molecule has 0 saturated carbocycles. The van der Waals surface area contributed by atoms with E-state index in [1.807, 2.05) is 0 Å². The average molecular weight is 350 g/mol. The Balaban J connectivity index is 2.11. The van der Waals surface area contributed by atoms with Crippen molar-refractivity contribution in [3.8, 4) is 0 Å². The molecule has 1 N–H and O–H groups in total. The van der Waals surface area contributed by atoms with Gasteiger partial charge in [0.1, 0.15) is 5.82 Å². The van der Waals surface area contributed by atoms with Gasteiger partial charge in [-0.15, -0.1) is 0 Å². The molecule has 0 aliphatic carbocycles. The van der Waals surface area contributed by atoms with Crippen molar-refractivity contribution < 1.29 is 17.6 Å². The van der Waals surface area contributed by atoms with Crippen molar-refractivity contribution in [2.24, 2.45) is 0 Å². The van der Waals surface area contributed by atoms with Crippen molar-refractivity contribution in [1.82, 2.24) is 9.62 Å². The van der Waals surface area contributed by atoms with E-state index >= 15 is 0 Å². The normalized spacial score (nSPS) is 12.9. The summed E-state index contributed by atoms with van der Waals surface area (Å²) in [4.78, 5) is 12.4. The third-order valence-corrected chi connectivity index (χ3v) is 5.44. The Morgan fingerprint density at radius 1 is 1.04 bits per heavy atom. The molecule has 0 radical (unpaired) electrons. The number of halogens is 1. The molecule has 1 atom stereocenters. The average Bonchev–Trinajstić information content (AvgIpc) is 2.55. The number of hydrogen-bond donors (Lipinski definition) is 1. The second kappa shape index (κ2) is 7.11. The fraction of sp³-hybridized carbons (Fsp3) is 0.235. The zero-order chi connectivity index (χ0) is 17.9. The lowest BCUT2D eigenvalue weighted by Gasteiger charge is -2.15. The van der Waals surface area contributed by atoms with Crippen LogP contribution in [0.1, 0.15) is 28.9 Å². The van der Waals surface area contributed by atoms with Crippen molar-refractivity contribution in [2.75, 3.05) is 14.1 Å². The molecule has 5 nitrogen and oxygen atoms in total. The van der Waals surface area contributed by atoms with E-state index in [1.54, 1.807) is 19.1 Å². The minimum absolute atomic E-state index is 0.121. The molecular formula is C17H19FN2O3S. The van der Waals surface area contributed by atoms with Crippen molar-refractivity contribution in [3.63, 3.8) is 0 Å². The third-order valence-electron chi connectivity index (χ3n) is 3.61. The molecule has 0 saturated heterocycles. The summed E-state index contributed by atoms with van der Waals surface area (Å²) in [5, 5.41) is 2.79. The fourth-order valence-corrected chi connectivity index (χ4v) is 3.01. The molecule has 0 aliphatic rings. The van der Waals surface area contributed by atoms with Crippen LogP contribution < -0.4 is 5.32 Å². The molecule has 2 rings (SSSR count). The van der Waals surface area contributed by atoms with Gasteiger partial charge in [0.2, 0.25) is 10.0 Å². The van der Waals surface area contributed by atoms with E-state index in [0.29, 0.717) is 5.56 Å². The van der Waals surface area contributed by atoms with Gasteiger partial charge in [-0.1, -0.05) is 12.1 Å². The van der Waals surface area contributed by atoms with Crippen LogP contribution in [0.4, 0.5) is 4.39 Å². The second-order valence-corrected chi connectivity index (χ2v) is 7.71. The second-order valence-electron chi connectivity index (χ2n) is 5.56. The summed E-state index contributed by atoms with van der Waals surface area (Å²) in [6.45, 7) is 1.79. The molecule has 24 heavy (non-hydrogen) atoms. The van der Waals surface area contributed by atoms with Gasteiger partial charge < -0.3 is 5.32 Å². The largest absolute Gasteiger partial charge is 0.346 e. The summed E-state index contributed by atoms with van der Waals surface area (Å²) in [5.74, 6) is -0.671. The lowest BCUT2D eigenvalue weighted by Crippen LogP contribution is -2.27. The van der Waals surface area contributed by atoms with E-state index in [1.165, 1.54) is 50.5 Å². The summed E-state index contributed by atoms with van der Waals surface area (Å²) >= 11 is 0. The van der Waals surface area contributed by atoms with Gasteiger partial charge in [-0.3, -0.25) is 4.79 Å². The summed E-state index contributed by atoms with van der Waals surface area (Å²) in [6.07, 6.45) is 0. The molecule has 2 aromatic rings. The van der Waals surface area contributed by atoms with Gasteiger partial charge in [0.05, 0.1) is 10.9 Å². The molecule has 2 aromatic carbocycles. The number of carbonyl (C=O) groups is 1. The Kier molecular flexibility index (Phi) is 5.36. The first kappa shape index (κ1) is 18.1. The number of nitrogens with one attached hydrogen (secondary N) is 1. The van der Waals surface area contributed by atoms with E-state index in [2.05, 4.69) is 5.32 Å². The highest BCUT2D eigenvalue weighted by molar-refractivity contribution is 7.89. The van der Waals surface area contributed by atoms with E-state index in [4.69, 9.17) is 0 Å². The molecular weight excluding hydrogens is 331 g/mol. The van der Waals surface area contributed by atoms with Gasteiger partial charge in [-0.2, -0.15) is 0 Å². The summed E-state index contributed by atoms with van der Waals surface area (Å²) in [6, 6.07) is 11.3. The van der Waals surface area contributed by atoms with Gasteiger partial charge in [0, 0.05) is 19.7 Å². The topological polar surface area (TPSA) is 66.5 Å². The monoisotopic (exact) mass is 350 g/mol. The maximum atomic E-state index is 12.9. The zero-order valence-corrected chi connectivity index (χ0v) is 14.5. The number of amides is 1. The van der Waals surface area contributed by atoms with Crippen LogP contribution in [0.15, 0.2) is 53.4 Å². The Hall–Kier alpha value is -2.25. The van der Waals surface area contributed by atoms with Crippen molar-refractivity contribution >= 4 is 15.9 Å². The SMILES string of the molecule is CC(NC(=O)c1ccc(S(=O)(=O)N(C)C)cc1)c1ccc(F)cc1. The van der Waals surface area contributed by atoms with Crippen LogP contribution in [0.25, 0.3) is 0 Å². The van der Waals surface area contributed by atoms with Crippen molar-refractivity contribution in [3.05, 3.63) is 65.5 Å². The molecule has 0 spiro atoms. The van der Waals surface area contributed by atoms with Gasteiger partial charge in [0.25, 0.3) is 5.91 Å². The van der Waals surface area contributed by atoms with Gasteiger partial charge in [0.15, 0.2) is 0 Å². The molecule has 0 aromatic heterocycles. The molecule has 1 amide bonds. The summed E-state index contributed by atoms with van der Waals surface area (Å²) in [5.41, 5.74) is 1.12. The van der Waals surface area contributed by atoms with Gasteiger partial charge >= 0.3 is 0 Å². The highest BCUT2D eigenvalue weighted by atomic mass is 32.2. The lowest BCUT2D eigenvalue weighted by atomic mass is 10.1. The maximum Gasteiger partial charge on any atom is 0.251 e. The minimum Gasteiger partial charge on any atom is -0.346 e. The third kappa shape index (κ3) is 3.98. The molecule has 7 heteroatoms. The molecule has 0 heterocycles. The number of nitrogens with zero attached hydrogens (tertiary/aromatic N) is 1. The predicted molar refractivity (Wildman–Crippen MR) is 89.6 cm³/mol. The van der Waals surface area contributed by atoms with Crippen LogP contribution in [0.5, 0.6) is 0 Å². The Labute approximate surface area is 141 Å². The predicted octanol–water partition coefficient (Wildman–Crippen LogP) is 2.57.